The molecule has 1 aromatic rings. The van der Waals surface area contributed by atoms with E-state index in [1.165, 1.54) is 10.9 Å². The predicted molar refractivity (Wildman–Crippen MR) is 70.9 cm³/mol. The maximum Gasteiger partial charge on any atom is 0.287 e. The highest BCUT2D eigenvalue weighted by Gasteiger charge is 2.09. The van der Waals surface area contributed by atoms with E-state index in [0.717, 1.165) is 0 Å². The van der Waals surface area contributed by atoms with Crippen molar-refractivity contribution in [3.63, 3.8) is 0 Å². The molecule has 1 aromatic heterocycles. The van der Waals surface area contributed by atoms with E-state index in [4.69, 9.17) is 11.6 Å². The van der Waals surface area contributed by atoms with Gasteiger partial charge in [0.15, 0.2) is 0 Å². The Morgan fingerprint density at radius 2 is 2.22 bits per heavy atom. The minimum atomic E-state index is -0.367. The highest BCUT2D eigenvalue weighted by Crippen LogP contribution is 2.14. The summed E-state index contributed by atoms with van der Waals surface area (Å²) >= 11 is 5.90. The van der Waals surface area contributed by atoms with Crippen LogP contribution in [0.25, 0.3) is 0 Å². The third-order valence-corrected chi connectivity index (χ3v) is 2.54. The quantitative estimate of drug-likeness (QED) is 0.833. The van der Waals surface area contributed by atoms with Gasteiger partial charge in [-0.05, 0) is 20.8 Å². The summed E-state index contributed by atoms with van der Waals surface area (Å²) in [6.07, 6.45) is 1.44. The third-order valence-electron chi connectivity index (χ3n) is 2.17. The topological polar surface area (TPSA) is 76.0 Å². The van der Waals surface area contributed by atoms with Gasteiger partial charge < -0.3 is 10.6 Å². The Hall–Kier alpha value is -1.56. The average Bonchev–Trinajstić information content (AvgIpc) is 2.30. The molecule has 0 aromatic carbocycles. The van der Waals surface area contributed by atoms with Crippen LogP contribution in [0.3, 0.4) is 0 Å². The lowest BCUT2D eigenvalue weighted by atomic mass is 10.4. The SMILES string of the molecule is CCn1ncc(NCC(=O)NC(C)C)c(Cl)c1=O. The molecular formula is C11H17ClN4O2. The minimum absolute atomic E-state index is 0.0456. The normalized spacial score (nSPS) is 10.5. The van der Waals surface area contributed by atoms with Crippen LogP contribution in [0.2, 0.25) is 5.02 Å². The van der Waals surface area contributed by atoms with E-state index in [0.29, 0.717) is 12.2 Å². The lowest BCUT2D eigenvalue weighted by molar-refractivity contribution is -0.119. The number of hydrogen-bond acceptors (Lipinski definition) is 4. The Balaban J connectivity index is 2.72. The highest BCUT2D eigenvalue weighted by molar-refractivity contribution is 6.33. The van der Waals surface area contributed by atoms with Crippen molar-refractivity contribution in [1.29, 1.82) is 0 Å². The molecule has 18 heavy (non-hydrogen) atoms. The first-order valence-corrected chi connectivity index (χ1v) is 6.12. The van der Waals surface area contributed by atoms with E-state index >= 15 is 0 Å². The summed E-state index contributed by atoms with van der Waals surface area (Å²) in [4.78, 5) is 23.1. The van der Waals surface area contributed by atoms with E-state index in [-0.39, 0.29) is 29.1 Å². The van der Waals surface area contributed by atoms with Gasteiger partial charge in [0, 0.05) is 12.6 Å². The van der Waals surface area contributed by atoms with Gasteiger partial charge in [0.1, 0.15) is 5.02 Å². The zero-order valence-corrected chi connectivity index (χ0v) is 11.4. The van der Waals surface area contributed by atoms with Gasteiger partial charge in [-0.2, -0.15) is 5.10 Å². The second-order valence-electron chi connectivity index (χ2n) is 4.07. The van der Waals surface area contributed by atoms with Crippen LogP contribution in [0, 0.1) is 0 Å². The van der Waals surface area contributed by atoms with Crippen molar-refractivity contribution in [1.82, 2.24) is 15.1 Å². The minimum Gasteiger partial charge on any atom is -0.373 e. The lowest BCUT2D eigenvalue weighted by Crippen LogP contribution is -2.35. The Labute approximate surface area is 110 Å². The molecule has 1 amide bonds. The fraction of sp³-hybridized carbons (Fsp3) is 0.545. The number of carbonyl (C=O) groups excluding carboxylic acids is 1. The molecule has 0 aliphatic rings. The van der Waals surface area contributed by atoms with Crippen molar-refractivity contribution in [2.24, 2.45) is 0 Å². The smallest absolute Gasteiger partial charge is 0.287 e. The summed E-state index contributed by atoms with van der Waals surface area (Å²) in [7, 11) is 0. The first-order chi connectivity index (χ1) is 8.45. The van der Waals surface area contributed by atoms with Gasteiger partial charge in [-0.1, -0.05) is 11.6 Å². The molecular weight excluding hydrogens is 256 g/mol. The van der Waals surface area contributed by atoms with Gasteiger partial charge in [-0.25, -0.2) is 4.68 Å². The average molecular weight is 273 g/mol. The van der Waals surface area contributed by atoms with Crippen molar-refractivity contribution >= 4 is 23.2 Å². The summed E-state index contributed by atoms with van der Waals surface area (Å²) in [6, 6.07) is 0.0704. The van der Waals surface area contributed by atoms with Gasteiger partial charge in [0.2, 0.25) is 5.91 Å². The number of hydrogen-bond donors (Lipinski definition) is 2. The van der Waals surface area contributed by atoms with Crippen molar-refractivity contribution in [2.45, 2.75) is 33.4 Å². The van der Waals surface area contributed by atoms with Crippen molar-refractivity contribution in [3.8, 4) is 0 Å². The molecule has 1 heterocycles. The number of anilines is 1. The first-order valence-electron chi connectivity index (χ1n) is 5.74. The lowest BCUT2D eigenvalue weighted by Gasteiger charge is -2.11. The zero-order chi connectivity index (χ0) is 13.7. The Bertz CT molecular complexity index is 484. The van der Waals surface area contributed by atoms with Crippen LogP contribution < -0.4 is 16.2 Å². The van der Waals surface area contributed by atoms with Crippen LogP contribution in [0.5, 0.6) is 0 Å². The molecule has 2 N–H and O–H groups in total. The number of rotatable bonds is 5. The zero-order valence-electron chi connectivity index (χ0n) is 10.7. The van der Waals surface area contributed by atoms with Crippen LogP contribution in [-0.4, -0.2) is 28.3 Å². The molecule has 0 atom stereocenters. The molecule has 0 unspecified atom stereocenters. The number of carbonyl (C=O) groups is 1. The van der Waals surface area contributed by atoms with E-state index in [9.17, 15) is 9.59 Å². The van der Waals surface area contributed by atoms with Crippen LogP contribution in [-0.2, 0) is 11.3 Å². The number of amides is 1. The second-order valence-corrected chi connectivity index (χ2v) is 4.45. The molecule has 0 bridgehead atoms. The summed E-state index contributed by atoms with van der Waals surface area (Å²) in [5, 5.41) is 9.48. The number of halogens is 1. The molecule has 0 radical (unpaired) electrons. The summed E-state index contributed by atoms with van der Waals surface area (Å²) in [5.41, 5.74) is -0.00120. The van der Waals surface area contributed by atoms with Crippen molar-refractivity contribution < 1.29 is 4.79 Å². The van der Waals surface area contributed by atoms with Crippen LogP contribution in [0.1, 0.15) is 20.8 Å². The first kappa shape index (κ1) is 14.5. The third kappa shape index (κ3) is 3.73. The van der Waals surface area contributed by atoms with E-state index in [2.05, 4.69) is 15.7 Å². The number of aryl methyl sites for hydroxylation is 1. The maximum atomic E-state index is 11.7. The molecule has 0 spiro atoms. The Morgan fingerprint density at radius 1 is 1.56 bits per heavy atom. The number of nitrogens with zero attached hydrogens (tertiary/aromatic N) is 2. The molecule has 1 rings (SSSR count). The standard InChI is InChI=1S/C11H17ClN4O2/c1-4-16-11(18)10(12)8(5-14-16)13-6-9(17)15-7(2)3/h5,7,13H,4,6H2,1-3H3,(H,15,17). The molecule has 0 saturated heterocycles. The van der Waals surface area contributed by atoms with Gasteiger partial charge in [0.05, 0.1) is 18.4 Å². The Morgan fingerprint density at radius 3 is 2.78 bits per heavy atom. The maximum absolute atomic E-state index is 11.7. The van der Waals surface area contributed by atoms with E-state index in [1.54, 1.807) is 6.92 Å². The second kappa shape index (κ2) is 6.39. The molecule has 0 aliphatic carbocycles. The van der Waals surface area contributed by atoms with Crippen LogP contribution in [0.15, 0.2) is 11.0 Å². The van der Waals surface area contributed by atoms with E-state index < -0.39 is 0 Å². The molecule has 7 heteroatoms. The molecule has 0 saturated carbocycles. The van der Waals surface area contributed by atoms with Crippen LogP contribution in [0.4, 0.5) is 5.69 Å². The summed E-state index contributed by atoms with van der Waals surface area (Å²) in [6.45, 7) is 6.04. The van der Waals surface area contributed by atoms with Gasteiger partial charge in [0.25, 0.3) is 5.56 Å². The fourth-order valence-corrected chi connectivity index (χ4v) is 1.58. The molecule has 6 nitrogen and oxygen atoms in total. The summed E-state index contributed by atoms with van der Waals surface area (Å²) < 4.78 is 1.25. The van der Waals surface area contributed by atoms with E-state index in [1.807, 2.05) is 13.8 Å². The van der Waals surface area contributed by atoms with Crippen molar-refractivity contribution in [2.75, 3.05) is 11.9 Å². The molecule has 0 aliphatic heterocycles. The van der Waals surface area contributed by atoms with Gasteiger partial charge >= 0.3 is 0 Å². The Kier molecular flexibility index (Phi) is 5.15. The number of nitrogens with one attached hydrogen (secondary N) is 2. The summed E-state index contributed by atoms with van der Waals surface area (Å²) in [5.74, 6) is -0.166. The largest absolute Gasteiger partial charge is 0.373 e. The monoisotopic (exact) mass is 272 g/mol. The van der Waals surface area contributed by atoms with Gasteiger partial charge in [-0.15, -0.1) is 0 Å². The fourth-order valence-electron chi connectivity index (χ4n) is 1.36. The van der Waals surface area contributed by atoms with Gasteiger partial charge in [-0.3, -0.25) is 9.59 Å². The molecule has 100 valence electrons. The van der Waals surface area contributed by atoms with Crippen LogP contribution >= 0.6 is 11.6 Å². The van der Waals surface area contributed by atoms with Crippen molar-refractivity contribution in [3.05, 3.63) is 21.6 Å². The number of aromatic nitrogens is 2. The predicted octanol–water partition coefficient (Wildman–Crippen LogP) is 0.853. The highest BCUT2D eigenvalue weighted by atomic mass is 35.5. The molecule has 0 fully saturated rings.